The summed E-state index contributed by atoms with van der Waals surface area (Å²) >= 11 is 0. The van der Waals surface area contributed by atoms with Gasteiger partial charge in [-0.1, -0.05) is 0 Å². The predicted molar refractivity (Wildman–Crippen MR) is 42.0 cm³/mol. The molecule has 0 atom stereocenters. The number of imidazole rings is 1. The van der Waals surface area contributed by atoms with E-state index in [2.05, 4.69) is 16.0 Å². The van der Waals surface area contributed by atoms with Crippen LogP contribution in [0.25, 0.3) is 0 Å². The van der Waals surface area contributed by atoms with Gasteiger partial charge in [-0.2, -0.15) is 5.26 Å². The van der Waals surface area contributed by atoms with Gasteiger partial charge in [0.15, 0.2) is 0 Å². The van der Waals surface area contributed by atoms with Crippen LogP contribution in [0.3, 0.4) is 0 Å². The molecule has 0 radical (unpaired) electrons. The molecule has 0 aliphatic heterocycles. The summed E-state index contributed by atoms with van der Waals surface area (Å²) in [6.45, 7) is 3.94. The molecule has 1 rings (SSSR count). The molecule has 0 aliphatic rings. The fourth-order valence-corrected chi connectivity index (χ4v) is 0.914. The molecule has 0 amide bonds. The van der Waals surface area contributed by atoms with Crippen molar-refractivity contribution in [3.8, 4) is 6.07 Å². The fourth-order valence-electron chi connectivity index (χ4n) is 0.914. The normalized spacial score (nSPS) is 9.55. The topological polar surface area (TPSA) is 52.5 Å². The van der Waals surface area contributed by atoms with Gasteiger partial charge in [-0.05, 0) is 13.8 Å². The fraction of sp³-hybridized carbons (Fsp3) is 0.500. The summed E-state index contributed by atoms with van der Waals surface area (Å²) in [6.07, 6.45) is 1.26. The Morgan fingerprint density at radius 2 is 2.27 bits per heavy atom. The van der Waals surface area contributed by atoms with E-state index >= 15 is 0 Å². The minimum atomic E-state index is 0.534. The molecule has 0 bridgehead atoms. The van der Waals surface area contributed by atoms with Gasteiger partial charge in [-0.3, -0.25) is 0 Å². The average molecular weight is 149 g/mol. The number of nitrogens with zero attached hydrogens (tertiary/aromatic N) is 2. The SMILES string of the molecule is Cc1nc(CCC#N)[nH]c1C. The molecule has 1 aromatic rings. The first-order valence-electron chi connectivity index (χ1n) is 3.63. The molecule has 11 heavy (non-hydrogen) atoms. The number of H-pyrrole nitrogens is 1. The van der Waals surface area contributed by atoms with Crippen molar-refractivity contribution in [2.45, 2.75) is 26.7 Å². The van der Waals surface area contributed by atoms with Crippen LogP contribution in [0, 0.1) is 25.2 Å². The maximum absolute atomic E-state index is 8.31. The van der Waals surface area contributed by atoms with E-state index in [0.717, 1.165) is 23.6 Å². The van der Waals surface area contributed by atoms with Crippen molar-refractivity contribution in [1.82, 2.24) is 9.97 Å². The lowest BCUT2D eigenvalue weighted by Gasteiger charge is -1.86. The molecule has 0 aromatic carbocycles. The third kappa shape index (κ3) is 1.81. The van der Waals surface area contributed by atoms with Crippen LogP contribution >= 0.6 is 0 Å². The summed E-state index contributed by atoms with van der Waals surface area (Å²) in [5.41, 5.74) is 2.12. The number of nitriles is 1. The van der Waals surface area contributed by atoms with Crippen LogP contribution in [-0.4, -0.2) is 9.97 Å². The summed E-state index contributed by atoms with van der Waals surface area (Å²) in [6, 6.07) is 2.08. The minimum Gasteiger partial charge on any atom is -0.346 e. The summed E-state index contributed by atoms with van der Waals surface area (Å²) < 4.78 is 0. The zero-order chi connectivity index (χ0) is 8.27. The van der Waals surface area contributed by atoms with E-state index in [9.17, 15) is 0 Å². The zero-order valence-electron chi connectivity index (χ0n) is 6.81. The maximum Gasteiger partial charge on any atom is 0.107 e. The summed E-state index contributed by atoms with van der Waals surface area (Å²) in [5, 5.41) is 8.31. The number of aromatic amines is 1. The Morgan fingerprint density at radius 1 is 1.55 bits per heavy atom. The lowest BCUT2D eigenvalue weighted by Crippen LogP contribution is -1.85. The highest BCUT2D eigenvalue weighted by Gasteiger charge is 2.00. The Balaban J connectivity index is 2.67. The van der Waals surface area contributed by atoms with Gasteiger partial charge in [0, 0.05) is 18.5 Å². The number of hydrogen-bond acceptors (Lipinski definition) is 2. The van der Waals surface area contributed by atoms with Crippen LogP contribution in [0.1, 0.15) is 23.6 Å². The van der Waals surface area contributed by atoms with E-state index < -0.39 is 0 Å². The lowest BCUT2D eigenvalue weighted by atomic mass is 10.3. The highest BCUT2D eigenvalue weighted by atomic mass is 14.9. The van der Waals surface area contributed by atoms with Crippen LogP contribution in [0.4, 0.5) is 0 Å². The number of hydrogen-bond donors (Lipinski definition) is 1. The van der Waals surface area contributed by atoms with E-state index in [0.29, 0.717) is 6.42 Å². The van der Waals surface area contributed by atoms with Crippen molar-refractivity contribution in [3.63, 3.8) is 0 Å². The van der Waals surface area contributed by atoms with Crippen LogP contribution < -0.4 is 0 Å². The van der Waals surface area contributed by atoms with Crippen LogP contribution in [0.15, 0.2) is 0 Å². The predicted octanol–water partition coefficient (Wildman–Crippen LogP) is 1.48. The van der Waals surface area contributed by atoms with Crippen molar-refractivity contribution < 1.29 is 0 Å². The Kier molecular flexibility index (Phi) is 2.27. The van der Waals surface area contributed by atoms with Gasteiger partial charge in [0.25, 0.3) is 0 Å². The molecular formula is C8H11N3. The summed E-state index contributed by atoms with van der Waals surface area (Å²) in [4.78, 5) is 7.36. The second kappa shape index (κ2) is 3.20. The largest absolute Gasteiger partial charge is 0.346 e. The van der Waals surface area contributed by atoms with E-state index in [4.69, 9.17) is 5.26 Å². The van der Waals surface area contributed by atoms with Gasteiger partial charge in [0.1, 0.15) is 5.82 Å². The molecule has 0 saturated carbocycles. The molecule has 58 valence electrons. The Hall–Kier alpha value is -1.30. The Morgan fingerprint density at radius 3 is 2.73 bits per heavy atom. The standard InChI is InChI=1S/C8H11N3/c1-6-7(2)11-8(10-6)4-3-5-9/h3-4H2,1-2H3,(H,10,11). The van der Waals surface area contributed by atoms with Crippen molar-refractivity contribution in [2.75, 3.05) is 0 Å². The van der Waals surface area contributed by atoms with Gasteiger partial charge in [0.2, 0.25) is 0 Å². The van der Waals surface area contributed by atoms with Gasteiger partial charge < -0.3 is 4.98 Å². The van der Waals surface area contributed by atoms with Gasteiger partial charge in [0.05, 0.1) is 11.8 Å². The zero-order valence-corrected chi connectivity index (χ0v) is 6.81. The number of aryl methyl sites for hydroxylation is 3. The molecule has 0 unspecified atom stereocenters. The number of nitrogens with one attached hydrogen (secondary N) is 1. The van der Waals surface area contributed by atoms with E-state index in [1.165, 1.54) is 0 Å². The Labute approximate surface area is 66.1 Å². The molecule has 0 aliphatic carbocycles. The second-order valence-electron chi connectivity index (χ2n) is 2.55. The third-order valence-corrected chi connectivity index (χ3v) is 1.65. The monoisotopic (exact) mass is 149 g/mol. The molecule has 1 heterocycles. The molecule has 0 spiro atoms. The quantitative estimate of drug-likeness (QED) is 0.692. The van der Waals surface area contributed by atoms with Crippen molar-refractivity contribution in [1.29, 1.82) is 5.26 Å². The van der Waals surface area contributed by atoms with Crippen molar-refractivity contribution in [2.24, 2.45) is 0 Å². The third-order valence-electron chi connectivity index (χ3n) is 1.65. The average Bonchev–Trinajstić information content (AvgIpc) is 2.28. The van der Waals surface area contributed by atoms with E-state index in [1.807, 2.05) is 13.8 Å². The summed E-state index contributed by atoms with van der Waals surface area (Å²) in [5.74, 6) is 0.918. The van der Waals surface area contributed by atoms with E-state index in [-0.39, 0.29) is 0 Å². The molecule has 1 N–H and O–H groups in total. The first-order valence-corrected chi connectivity index (χ1v) is 3.63. The smallest absolute Gasteiger partial charge is 0.107 e. The Bertz CT molecular complexity index is 261. The lowest BCUT2D eigenvalue weighted by molar-refractivity contribution is 0.910. The van der Waals surface area contributed by atoms with Crippen molar-refractivity contribution in [3.05, 3.63) is 17.2 Å². The van der Waals surface area contributed by atoms with Crippen LogP contribution in [0.5, 0.6) is 0 Å². The maximum atomic E-state index is 8.31. The van der Waals surface area contributed by atoms with Gasteiger partial charge >= 0.3 is 0 Å². The summed E-state index contributed by atoms with van der Waals surface area (Å²) in [7, 11) is 0. The number of aromatic nitrogens is 2. The van der Waals surface area contributed by atoms with E-state index in [1.54, 1.807) is 0 Å². The highest BCUT2D eigenvalue weighted by Crippen LogP contribution is 2.03. The second-order valence-corrected chi connectivity index (χ2v) is 2.55. The van der Waals surface area contributed by atoms with Gasteiger partial charge in [-0.15, -0.1) is 0 Å². The van der Waals surface area contributed by atoms with Gasteiger partial charge in [-0.25, -0.2) is 4.98 Å². The molecule has 3 heteroatoms. The van der Waals surface area contributed by atoms with Crippen molar-refractivity contribution >= 4 is 0 Å². The first kappa shape index (κ1) is 7.80. The number of rotatable bonds is 2. The molecule has 3 nitrogen and oxygen atoms in total. The molecule has 0 saturated heterocycles. The first-order chi connectivity index (χ1) is 5.24. The minimum absolute atomic E-state index is 0.534. The molecular weight excluding hydrogens is 138 g/mol. The van der Waals surface area contributed by atoms with Crippen LogP contribution in [-0.2, 0) is 6.42 Å². The highest BCUT2D eigenvalue weighted by molar-refractivity contribution is 5.11. The molecule has 0 fully saturated rings. The molecule has 1 aromatic heterocycles. The van der Waals surface area contributed by atoms with Crippen LogP contribution in [0.2, 0.25) is 0 Å².